The van der Waals surface area contributed by atoms with Gasteiger partial charge in [0.2, 0.25) is 0 Å². The molecule has 0 amide bonds. The Kier molecular flexibility index (Phi) is 26.2. The molecular weight excluding hydrogens is 998 g/mol. The SMILES string of the molecule is C.CCC(CC(C)c1ccccc1)c1ccc(C(CC)CC(CC(CC(CC)c2ccccc2)c2ccc(CN[CH-]N(C(C)C)[PH+](c3ccccc3)c3ccccc3)cc2)c2ccccc2)cc1.[Cl][Cr+]([Cl])[Cl]. The van der Waals surface area contributed by atoms with E-state index in [9.17, 15) is 0 Å². The minimum absolute atomic E-state index is 0. The van der Waals surface area contributed by atoms with E-state index in [1.54, 1.807) is 0 Å². The number of hydrogen-bond acceptors (Lipinski definition) is 2. The van der Waals surface area contributed by atoms with E-state index < -0.39 is 19.5 Å². The predicted molar refractivity (Wildman–Crippen MR) is 317 cm³/mol. The van der Waals surface area contributed by atoms with Crippen LogP contribution in [0.25, 0.3) is 0 Å². The summed E-state index contributed by atoms with van der Waals surface area (Å²) in [6.45, 7) is 17.2. The second kappa shape index (κ2) is 31.9. The fourth-order valence-electron chi connectivity index (χ4n) is 10.5. The molecule has 0 radical (unpaired) electrons. The van der Waals surface area contributed by atoms with Crippen LogP contribution in [0.2, 0.25) is 0 Å². The molecule has 2 nitrogen and oxygen atoms in total. The second-order valence-electron chi connectivity index (χ2n) is 19.5. The zero-order chi connectivity index (χ0) is 50.4. The monoisotopic (exact) mass is 1080 g/mol. The van der Waals surface area contributed by atoms with E-state index in [-0.39, 0.29) is 7.43 Å². The van der Waals surface area contributed by atoms with Crippen molar-refractivity contribution in [3.05, 3.63) is 246 Å². The van der Waals surface area contributed by atoms with Crippen LogP contribution < -0.4 is 15.9 Å². The van der Waals surface area contributed by atoms with Crippen LogP contribution in [-0.2, 0) is 17.9 Å². The van der Waals surface area contributed by atoms with Gasteiger partial charge in [-0.25, -0.2) is 0 Å². The first-order valence-electron chi connectivity index (χ1n) is 26.0. The fourth-order valence-corrected chi connectivity index (χ4v) is 13.2. The number of nitrogens with zero attached hydrogens (tertiary/aromatic N) is 1. The quantitative estimate of drug-likeness (QED) is 0.0453. The minimum atomic E-state index is -1.62. The maximum atomic E-state index is 4.93. The van der Waals surface area contributed by atoms with Gasteiger partial charge in [-0.3, -0.25) is 4.67 Å². The first kappa shape index (κ1) is 59.2. The molecule has 382 valence electrons. The van der Waals surface area contributed by atoms with Gasteiger partial charge in [-0.05, 0) is 164 Å². The van der Waals surface area contributed by atoms with Crippen LogP contribution in [0.1, 0.15) is 168 Å². The van der Waals surface area contributed by atoms with Crippen molar-refractivity contribution in [2.75, 3.05) is 0 Å². The van der Waals surface area contributed by atoms with Gasteiger partial charge in [0, 0.05) is 6.04 Å². The van der Waals surface area contributed by atoms with E-state index in [0.717, 1.165) is 45.1 Å². The van der Waals surface area contributed by atoms with Crippen molar-refractivity contribution in [2.24, 2.45) is 0 Å². The Bertz CT molecular complexity index is 2440. The Morgan fingerprint density at radius 2 is 0.736 bits per heavy atom. The number of rotatable bonds is 25. The average molecular weight is 1080 g/mol. The van der Waals surface area contributed by atoms with Crippen LogP contribution in [0.15, 0.2) is 200 Å². The molecule has 0 fully saturated rings. The number of nitrogens with one attached hydrogen (secondary N) is 1. The van der Waals surface area contributed by atoms with Crippen molar-refractivity contribution in [1.82, 2.24) is 9.99 Å². The Balaban J connectivity index is 0.00000185. The van der Waals surface area contributed by atoms with Crippen LogP contribution in [0.3, 0.4) is 0 Å². The molecule has 0 bridgehead atoms. The molecule has 0 aliphatic carbocycles. The van der Waals surface area contributed by atoms with Gasteiger partial charge in [0.25, 0.3) is 0 Å². The van der Waals surface area contributed by atoms with Gasteiger partial charge in [0.05, 0.1) is 0 Å². The number of hydrogen-bond donors (Lipinski definition) is 1. The first-order valence-corrected chi connectivity index (χ1v) is 32.7. The molecule has 6 unspecified atom stereocenters. The summed E-state index contributed by atoms with van der Waals surface area (Å²) in [5.74, 6) is 2.92. The van der Waals surface area contributed by atoms with Gasteiger partial charge in [-0.1, -0.05) is 211 Å². The predicted octanol–water partition coefficient (Wildman–Crippen LogP) is 19.2. The summed E-state index contributed by atoms with van der Waals surface area (Å²) in [5, 5.41) is 6.55. The molecule has 0 aliphatic heterocycles. The average Bonchev–Trinajstić information content (AvgIpc) is 3.41. The van der Waals surface area contributed by atoms with Crippen LogP contribution in [0, 0.1) is 6.67 Å². The van der Waals surface area contributed by atoms with Gasteiger partial charge in [-0.15, -0.1) is 0 Å². The Morgan fingerprint density at radius 1 is 0.431 bits per heavy atom. The first-order chi connectivity index (χ1) is 34.6. The van der Waals surface area contributed by atoms with Gasteiger partial charge >= 0.3 is 41.5 Å². The molecule has 0 aromatic heterocycles. The van der Waals surface area contributed by atoms with Crippen molar-refractivity contribution in [3.63, 3.8) is 0 Å². The summed E-state index contributed by atoms with van der Waals surface area (Å²) < 4.78 is 2.56. The molecule has 7 rings (SSSR count). The van der Waals surface area contributed by atoms with Gasteiger partial charge in [0.1, 0.15) is 18.7 Å². The van der Waals surface area contributed by atoms with Crippen LogP contribution in [0.4, 0.5) is 0 Å². The third kappa shape index (κ3) is 18.3. The van der Waals surface area contributed by atoms with Crippen molar-refractivity contribution in [3.8, 4) is 0 Å². The standard InChI is InChI=1S/C64H76N2P.CH4.3ClH.Cr/c1-7-52(43-50(6)55-25-15-10-16-26-55)58-39-41-59(42-40-58)54(9-3)45-61(57-29-19-12-20-30-57)46-62(44-53(8-2)56-27-17-11-18-28-56)60-37-35-51(36-38-60)47-65-48-66(49(4)5)67(63-31-21-13-22-32-63)64-33-23-14-24-34-64;;;;;/h10-42,48-50,52-54,61-62,65H,7-9,43-47H2,1-6H3;1H4;3*1H;/q-1;;;;;+4/p-2. The molecule has 0 aliphatic rings. The topological polar surface area (TPSA) is 15.3 Å². The van der Waals surface area contributed by atoms with Crippen LogP contribution in [-0.4, -0.2) is 10.7 Å². The zero-order valence-electron chi connectivity index (χ0n) is 42.8. The molecule has 7 aromatic carbocycles. The van der Waals surface area contributed by atoms with Gasteiger partial charge in [0.15, 0.2) is 0 Å². The van der Waals surface area contributed by atoms with Crippen LogP contribution in [0.5, 0.6) is 0 Å². The molecule has 1 N–H and O–H groups in total. The number of halogens is 3. The van der Waals surface area contributed by atoms with E-state index in [2.05, 4.69) is 258 Å². The molecular formula is C65H81Cl3CrN2P+. The molecule has 7 aromatic rings. The third-order valence-corrected chi connectivity index (χ3v) is 17.4. The van der Waals surface area contributed by atoms with Crippen LogP contribution >= 0.6 is 38.2 Å². The summed E-state index contributed by atoms with van der Waals surface area (Å²) >= 11 is -1.62. The Hall–Kier alpha value is -3.71. The summed E-state index contributed by atoms with van der Waals surface area (Å²) in [6.07, 6.45) is 7.98. The molecule has 72 heavy (non-hydrogen) atoms. The molecule has 7 heteroatoms. The van der Waals surface area contributed by atoms with E-state index in [4.69, 9.17) is 30.1 Å². The fraction of sp³-hybridized carbons (Fsp3) is 0.338. The summed E-state index contributed by atoms with van der Waals surface area (Å²) in [6, 6.07) is 75.7. The van der Waals surface area contributed by atoms with Crippen molar-refractivity contribution in [1.29, 1.82) is 0 Å². The Morgan fingerprint density at radius 3 is 1.12 bits per heavy atom. The summed E-state index contributed by atoms with van der Waals surface area (Å²) in [4.78, 5) is 0. The number of benzene rings is 7. The van der Waals surface area contributed by atoms with Gasteiger partial charge < -0.3 is 5.32 Å². The Labute approximate surface area is 454 Å². The summed E-state index contributed by atoms with van der Waals surface area (Å²) in [7, 11) is 13.6. The van der Waals surface area contributed by atoms with Crippen molar-refractivity contribution < 1.29 is 11.4 Å². The molecule has 0 saturated heterocycles. The summed E-state index contributed by atoms with van der Waals surface area (Å²) in [5.41, 5.74) is 10.1. The third-order valence-electron chi connectivity index (χ3n) is 14.5. The van der Waals surface area contributed by atoms with Gasteiger partial charge in [-0.2, -0.15) is 6.67 Å². The van der Waals surface area contributed by atoms with E-state index in [1.807, 2.05) is 0 Å². The normalized spacial score (nSPS) is 14.0. The van der Waals surface area contributed by atoms with E-state index in [0.29, 0.717) is 41.5 Å². The van der Waals surface area contributed by atoms with E-state index in [1.165, 1.54) is 56.0 Å². The maximum absolute atomic E-state index is 4.93. The van der Waals surface area contributed by atoms with E-state index >= 15 is 0 Å². The van der Waals surface area contributed by atoms with Crippen molar-refractivity contribution in [2.45, 2.75) is 142 Å². The molecule has 0 saturated carbocycles. The molecule has 6 atom stereocenters. The molecule has 0 spiro atoms. The second-order valence-corrected chi connectivity index (χ2v) is 28.1. The molecule has 0 heterocycles. The van der Waals surface area contributed by atoms with Crippen molar-refractivity contribution >= 4 is 48.8 Å². The zero-order valence-corrected chi connectivity index (χ0v) is 47.4.